The molecule has 4 rings (SSSR count). The zero-order valence-corrected chi connectivity index (χ0v) is 21.0. The highest BCUT2D eigenvalue weighted by Crippen LogP contribution is 2.39. The van der Waals surface area contributed by atoms with E-state index in [2.05, 4.69) is 57.1 Å². The molecule has 0 spiro atoms. The number of methoxy groups -OCH3 is 1. The van der Waals surface area contributed by atoms with Crippen molar-refractivity contribution in [3.8, 4) is 17.0 Å². The second-order valence-electron chi connectivity index (χ2n) is 10.6. The highest BCUT2D eigenvalue weighted by atomic mass is 16.5. The number of anilines is 1. The van der Waals surface area contributed by atoms with Crippen LogP contribution in [0, 0.1) is 10.8 Å². The molecule has 0 atom stereocenters. The Morgan fingerprint density at radius 3 is 2.47 bits per heavy atom. The first kappa shape index (κ1) is 24.0. The minimum Gasteiger partial charge on any atom is -0.481 e. The maximum atomic E-state index is 7.74. The van der Waals surface area contributed by atoms with E-state index in [4.69, 9.17) is 25.3 Å². The summed E-state index contributed by atoms with van der Waals surface area (Å²) in [6.07, 6.45) is 4.86. The van der Waals surface area contributed by atoms with Crippen molar-refractivity contribution in [1.29, 1.82) is 10.8 Å². The first-order valence-electron chi connectivity index (χ1n) is 11.7. The Labute approximate surface area is 202 Å². The van der Waals surface area contributed by atoms with Crippen LogP contribution >= 0.6 is 0 Å². The van der Waals surface area contributed by atoms with Crippen LogP contribution in [0.3, 0.4) is 0 Å². The summed E-state index contributed by atoms with van der Waals surface area (Å²) in [5.41, 5.74) is 4.68. The van der Waals surface area contributed by atoms with Crippen LogP contribution < -0.4 is 15.0 Å². The van der Waals surface area contributed by atoms with Crippen LogP contribution in [0.2, 0.25) is 0 Å². The third-order valence-corrected chi connectivity index (χ3v) is 6.68. The van der Waals surface area contributed by atoms with Gasteiger partial charge in [0.25, 0.3) is 0 Å². The number of rotatable bonds is 5. The van der Waals surface area contributed by atoms with Gasteiger partial charge >= 0.3 is 0 Å². The zero-order valence-electron chi connectivity index (χ0n) is 21.0. The maximum Gasteiger partial charge on any atom is 0.223 e. The number of piperidine rings is 1. The van der Waals surface area contributed by atoms with Crippen LogP contribution in [0.15, 0.2) is 36.4 Å². The van der Waals surface area contributed by atoms with Gasteiger partial charge in [-0.15, -0.1) is 0 Å². The monoisotopic (exact) mass is 461 g/mol. The minimum atomic E-state index is 0.0131. The molecule has 0 aliphatic carbocycles. The fourth-order valence-corrected chi connectivity index (χ4v) is 5.38. The van der Waals surface area contributed by atoms with Crippen LogP contribution in [0.4, 0.5) is 5.82 Å². The normalized spacial score (nSPS) is 18.8. The number of benzene rings is 1. The third kappa shape index (κ3) is 4.85. The summed E-state index contributed by atoms with van der Waals surface area (Å²) in [6, 6.07) is 10.6. The third-order valence-electron chi connectivity index (χ3n) is 6.68. The van der Waals surface area contributed by atoms with Crippen molar-refractivity contribution in [2.75, 3.05) is 19.1 Å². The van der Waals surface area contributed by atoms with Gasteiger partial charge in [0.1, 0.15) is 12.4 Å². The lowest BCUT2D eigenvalue weighted by atomic mass is 9.79. The van der Waals surface area contributed by atoms with Crippen LogP contribution in [-0.2, 0) is 11.3 Å². The van der Waals surface area contributed by atoms with Crippen molar-refractivity contribution in [3.63, 3.8) is 0 Å². The molecule has 3 heterocycles. The largest absolute Gasteiger partial charge is 0.481 e. The molecule has 180 valence electrons. The lowest BCUT2D eigenvalue weighted by Gasteiger charge is -2.49. The van der Waals surface area contributed by atoms with Gasteiger partial charge in [-0.1, -0.05) is 12.1 Å². The molecule has 0 radical (unpaired) electrons. The SMILES string of the molecule is COC(=N)/C=C(\C=N)c1ccc2c(c1)COc1nc(N(C)C3CC(C)(C)NC(C)(C)C3)ccc1-2. The number of hydrogen-bond donors (Lipinski definition) is 3. The Morgan fingerprint density at radius 2 is 1.82 bits per heavy atom. The number of ether oxygens (including phenoxy) is 2. The van der Waals surface area contributed by atoms with E-state index >= 15 is 0 Å². The molecule has 3 N–H and O–H groups in total. The fourth-order valence-electron chi connectivity index (χ4n) is 5.38. The number of nitrogens with one attached hydrogen (secondary N) is 3. The van der Waals surface area contributed by atoms with E-state index in [1.807, 2.05) is 18.2 Å². The van der Waals surface area contributed by atoms with Crippen LogP contribution in [0.25, 0.3) is 16.7 Å². The van der Waals surface area contributed by atoms with E-state index in [-0.39, 0.29) is 17.0 Å². The summed E-state index contributed by atoms with van der Waals surface area (Å²) in [7, 11) is 3.58. The summed E-state index contributed by atoms with van der Waals surface area (Å²) in [6.45, 7) is 9.47. The van der Waals surface area contributed by atoms with E-state index in [1.165, 1.54) is 13.3 Å². The standard InChI is InChI=1S/C27H35N5O2/c1-26(2)13-20(14-27(3,4)31-26)32(5)24-10-9-22-21-8-7-17(18(15-28)12-23(29)33-6)11-19(21)16-34-25(22)30-24/h7-12,15,20,28-29,31H,13-14,16H2,1-6H3/b18-12+,28-15?,29-23?. The molecule has 0 amide bonds. The second-order valence-corrected chi connectivity index (χ2v) is 10.6. The van der Waals surface area contributed by atoms with Gasteiger partial charge in [0.05, 0.1) is 7.11 Å². The average Bonchev–Trinajstić information content (AvgIpc) is 2.78. The van der Waals surface area contributed by atoms with Crippen LogP contribution in [0.5, 0.6) is 5.88 Å². The maximum absolute atomic E-state index is 7.74. The fraction of sp³-hybridized carbons (Fsp3) is 0.444. The lowest BCUT2D eigenvalue weighted by Crippen LogP contribution is -2.62. The van der Waals surface area contributed by atoms with Crippen molar-refractivity contribution in [3.05, 3.63) is 47.5 Å². The highest BCUT2D eigenvalue weighted by Gasteiger charge is 2.39. The Bertz CT molecular complexity index is 1140. The van der Waals surface area contributed by atoms with Gasteiger partial charge in [0, 0.05) is 47.6 Å². The molecule has 0 bridgehead atoms. The van der Waals surface area contributed by atoms with Crippen molar-refractivity contribution in [2.24, 2.45) is 0 Å². The van der Waals surface area contributed by atoms with Gasteiger partial charge < -0.3 is 25.1 Å². The molecule has 0 saturated carbocycles. The smallest absolute Gasteiger partial charge is 0.223 e. The van der Waals surface area contributed by atoms with Crippen LogP contribution in [0.1, 0.15) is 51.7 Å². The lowest BCUT2D eigenvalue weighted by molar-refractivity contribution is 0.160. The van der Waals surface area contributed by atoms with E-state index in [1.54, 1.807) is 6.08 Å². The second kappa shape index (κ2) is 8.87. The molecule has 7 heteroatoms. The van der Waals surface area contributed by atoms with Gasteiger partial charge in [-0.25, -0.2) is 0 Å². The summed E-state index contributed by atoms with van der Waals surface area (Å²) < 4.78 is 11.0. The molecular formula is C27H35N5O2. The van der Waals surface area contributed by atoms with Gasteiger partial charge in [0.2, 0.25) is 11.8 Å². The molecular weight excluding hydrogens is 426 g/mol. The average molecular weight is 462 g/mol. The summed E-state index contributed by atoms with van der Waals surface area (Å²) in [4.78, 5) is 7.19. The van der Waals surface area contributed by atoms with Gasteiger partial charge in [-0.3, -0.25) is 5.41 Å². The molecule has 1 aromatic carbocycles. The van der Waals surface area contributed by atoms with Crippen LogP contribution in [-0.4, -0.2) is 48.4 Å². The van der Waals surface area contributed by atoms with Gasteiger partial charge in [-0.05, 0) is 75.4 Å². The Morgan fingerprint density at radius 1 is 1.15 bits per heavy atom. The number of fused-ring (bicyclic) bond motifs is 3. The molecule has 2 aliphatic rings. The Hall–Kier alpha value is -3.19. The quantitative estimate of drug-likeness (QED) is 0.428. The molecule has 7 nitrogen and oxygen atoms in total. The molecule has 1 saturated heterocycles. The van der Waals surface area contributed by atoms with Crippen molar-refractivity contribution >= 4 is 23.5 Å². The summed E-state index contributed by atoms with van der Waals surface area (Å²) >= 11 is 0. The molecule has 1 aromatic heterocycles. The van der Waals surface area contributed by atoms with E-state index in [0.29, 0.717) is 24.1 Å². The molecule has 34 heavy (non-hydrogen) atoms. The van der Waals surface area contributed by atoms with Gasteiger partial charge in [-0.2, -0.15) is 4.98 Å². The van der Waals surface area contributed by atoms with Crippen molar-refractivity contribution in [2.45, 2.75) is 64.3 Å². The molecule has 1 fully saturated rings. The number of nitrogens with zero attached hydrogens (tertiary/aromatic N) is 2. The highest BCUT2D eigenvalue weighted by molar-refractivity contribution is 6.14. The first-order chi connectivity index (χ1) is 16.0. The molecule has 2 aliphatic heterocycles. The predicted molar refractivity (Wildman–Crippen MR) is 138 cm³/mol. The van der Waals surface area contributed by atoms with E-state index in [9.17, 15) is 0 Å². The molecule has 2 aromatic rings. The first-order valence-corrected chi connectivity index (χ1v) is 11.7. The topological polar surface area (TPSA) is 94.3 Å². The number of pyridine rings is 1. The number of aromatic nitrogens is 1. The van der Waals surface area contributed by atoms with Gasteiger partial charge in [0.15, 0.2) is 0 Å². The molecule has 0 unspecified atom stereocenters. The van der Waals surface area contributed by atoms with E-state index < -0.39 is 0 Å². The van der Waals surface area contributed by atoms with Crippen molar-refractivity contribution in [1.82, 2.24) is 10.3 Å². The Kier molecular flexibility index (Phi) is 6.25. The minimum absolute atomic E-state index is 0.0131. The van der Waals surface area contributed by atoms with E-state index in [0.717, 1.165) is 40.9 Å². The summed E-state index contributed by atoms with van der Waals surface area (Å²) in [5, 5.41) is 19.2. The predicted octanol–water partition coefficient (Wildman–Crippen LogP) is 5.04. The number of allylic oxidation sites excluding steroid dienone is 1. The number of hydrogen-bond acceptors (Lipinski definition) is 7. The summed E-state index contributed by atoms with van der Waals surface area (Å²) in [5.74, 6) is 1.59. The Balaban J connectivity index is 1.61. The van der Waals surface area contributed by atoms with Crippen molar-refractivity contribution < 1.29 is 9.47 Å². The zero-order chi connectivity index (χ0) is 24.7.